The zero-order valence-electron chi connectivity index (χ0n) is 7.19. The van der Waals surface area contributed by atoms with Gasteiger partial charge in [-0.2, -0.15) is 21.0 Å². The van der Waals surface area contributed by atoms with E-state index in [4.69, 9.17) is 25.8 Å². The molecule has 0 saturated carbocycles. The molecule has 1 radical (unpaired) electrons. The second kappa shape index (κ2) is 3.00. The fourth-order valence-corrected chi connectivity index (χ4v) is 1.31. The topological polar surface area (TPSA) is 104 Å². The monoisotopic (exact) mass is 185 g/mol. The van der Waals surface area contributed by atoms with Crippen molar-refractivity contribution in [2.24, 2.45) is 5.92 Å². The van der Waals surface area contributed by atoms with Crippen LogP contribution in [0.4, 0.5) is 0 Å². The van der Waals surface area contributed by atoms with E-state index in [1.54, 1.807) is 24.3 Å². The van der Waals surface area contributed by atoms with E-state index in [0.717, 1.165) is 0 Å². The maximum atomic E-state index is 8.75. The van der Waals surface area contributed by atoms with Crippen molar-refractivity contribution in [1.82, 2.24) is 0 Å². The summed E-state index contributed by atoms with van der Waals surface area (Å²) in [4.78, 5) is 0. The zero-order valence-corrected chi connectivity index (χ0v) is 7.19. The molecule has 0 amide bonds. The highest BCUT2D eigenvalue weighted by atomic mass is 16.5. The Labute approximate surface area is 81.3 Å². The van der Waals surface area contributed by atoms with Gasteiger partial charge in [0.2, 0.25) is 11.2 Å². The van der Waals surface area contributed by atoms with E-state index in [9.17, 15) is 0 Å². The third-order valence-electron chi connectivity index (χ3n) is 2.14. The SMILES string of the molecule is [CH2]C1CC(C#N)(C#N)OC1(C#N)C#N. The van der Waals surface area contributed by atoms with Crippen LogP contribution >= 0.6 is 0 Å². The van der Waals surface area contributed by atoms with E-state index in [2.05, 4.69) is 6.92 Å². The van der Waals surface area contributed by atoms with Crippen molar-refractivity contribution in [3.05, 3.63) is 6.92 Å². The Hall–Kier alpha value is -2.08. The van der Waals surface area contributed by atoms with Crippen molar-refractivity contribution < 1.29 is 4.74 Å². The summed E-state index contributed by atoms with van der Waals surface area (Å²) in [5.41, 5.74) is -3.48. The van der Waals surface area contributed by atoms with Crippen LogP contribution in [-0.2, 0) is 4.74 Å². The van der Waals surface area contributed by atoms with Crippen LogP contribution in [0.2, 0.25) is 0 Å². The van der Waals surface area contributed by atoms with Crippen LogP contribution in [0.15, 0.2) is 0 Å². The molecule has 0 aromatic carbocycles. The van der Waals surface area contributed by atoms with E-state index in [1.807, 2.05) is 0 Å². The minimum absolute atomic E-state index is 0.0267. The highest BCUT2D eigenvalue weighted by molar-refractivity contribution is 5.33. The highest BCUT2D eigenvalue weighted by Gasteiger charge is 2.56. The standard InChI is InChI=1S/C9H5N4O/c1-7-2-8(3-10,4-11)14-9(7,5-12)6-13/h7H,1-2H2. The molecule has 1 unspecified atom stereocenters. The lowest BCUT2D eigenvalue weighted by Crippen LogP contribution is -2.33. The zero-order chi connectivity index (χ0) is 10.8. The molecule has 1 heterocycles. The fourth-order valence-electron chi connectivity index (χ4n) is 1.31. The summed E-state index contributed by atoms with van der Waals surface area (Å²) in [6.07, 6.45) is -0.0267. The summed E-state index contributed by atoms with van der Waals surface area (Å²) in [6, 6.07) is 6.62. The number of hydrogen-bond donors (Lipinski definition) is 0. The molecule has 1 rings (SSSR count). The summed E-state index contributed by atoms with van der Waals surface area (Å²) >= 11 is 0. The fraction of sp³-hybridized carbons (Fsp3) is 0.444. The van der Waals surface area contributed by atoms with E-state index in [0.29, 0.717) is 0 Å². The van der Waals surface area contributed by atoms with Crippen LogP contribution in [-0.4, -0.2) is 11.2 Å². The molecule has 0 N–H and O–H groups in total. The Morgan fingerprint density at radius 1 is 1.07 bits per heavy atom. The molecule has 0 aliphatic carbocycles. The van der Waals surface area contributed by atoms with Crippen LogP contribution in [0.5, 0.6) is 0 Å². The smallest absolute Gasteiger partial charge is 0.246 e. The maximum absolute atomic E-state index is 8.75. The van der Waals surface area contributed by atoms with Crippen LogP contribution < -0.4 is 0 Å². The largest absolute Gasteiger partial charge is 0.312 e. The van der Waals surface area contributed by atoms with E-state index >= 15 is 0 Å². The average Bonchev–Trinajstić information content (AvgIpc) is 2.53. The minimum Gasteiger partial charge on any atom is -0.312 e. The lowest BCUT2D eigenvalue weighted by atomic mass is 9.88. The Morgan fingerprint density at radius 3 is 1.79 bits per heavy atom. The maximum Gasteiger partial charge on any atom is 0.246 e. The van der Waals surface area contributed by atoms with Crippen LogP contribution in [0.25, 0.3) is 0 Å². The Bertz CT molecular complexity index is 386. The lowest BCUT2D eigenvalue weighted by Gasteiger charge is -2.16. The molecule has 1 fully saturated rings. The van der Waals surface area contributed by atoms with Crippen LogP contribution in [0, 0.1) is 58.2 Å². The van der Waals surface area contributed by atoms with Gasteiger partial charge in [-0.1, -0.05) is 0 Å². The van der Waals surface area contributed by atoms with Gasteiger partial charge in [0.1, 0.15) is 24.3 Å². The first-order valence-corrected chi connectivity index (χ1v) is 3.76. The first-order chi connectivity index (χ1) is 6.58. The number of ether oxygens (including phenoxy) is 1. The molecular weight excluding hydrogens is 180 g/mol. The molecule has 5 nitrogen and oxygen atoms in total. The molecule has 0 spiro atoms. The minimum atomic E-state index is -1.77. The predicted molar refractivity (Wildman–Crippen MR) is 42.5 cm³/mol. The van der Waals surface area contributed by atoms with Crippen molar-refractivity contribution >= 4 is 0 Å². The number of hydrogen-bond acceptors (Lipinski definition) is 5. The first-order valence-electron chi connectivity index (χ1n) is 3.76. The van der Waals surface area contributed by atoms with Gasteiger partial charge in [-0.25, -0.2) is 0 Å². The van der Waals surface area contributed by atoms with Crippen molar-refractivity contribution in [2.75, 3.05) is 0 Å². The van der Waals surface area contributed by atoms with E-state index < -0.39 is 17.1 Å². The average molecular weight is 185 g/mol. The number of rotatable bonds is 0. The normalized spacial score (nSPS) is 26.5. The third-order valence-corrected chi connectivity index (χ3v) is 2.14. The van der Waals surface area contributed by atoms with Crippen LogP contribution in [0.3, 0.4) is 0 Å². The summed E-state index contributed by atoms with van der Waals surface area (Å²) in [7, 11) is 0. The van der Waals surface area contributed by atoms with Gasteiger partial charge in [-0.3, -0.25) is 0 Å². The Balaban J connectivity index is 3.16. The third kappa shape index (κ3) is 1.09. The van der Waals surface area contributed by atoms with Crippen LogP contribution in [0.1, 0.15) is 6.42 Å². The molecule has 14 heavy (non-hydrogen) atoms. The first kappa shape index (κ1) is 10.0. The van der Waals surface area contributed by atoms with Crippen molar-refractivity contribution in [3.63, 3.8) is 0 Å². The summed E-state index contributed by atoms with van der Waals surface area (Å²) in [5, 5.41) is 34.9. The van der Waals surface area contributed by atoms with Gasteiger partial charge in [0.05, 0.1) is 0 Å². The molecule has 1 aliphatic rings. The van der Waals surface area contributed by atoms with E-state index in [1.165, 1.54) is 0 Å². The molecule has 1 aliphatic heterocycles. The predicted octanol–water partition coefficient (Wildman–Crippen LogP) is 0.429. The number of nitriles is 4. The summed E-state index contributed by atoms with van der Waals surface area (Å²) in [6.45, 7) is 3.55. The van der Waals surface area contributed by atoms with Gasteiger partial charge < -0.3 is 4.74 Å². The Morgan fingerprint density at radius 2 is 1.57 bits per heavy atom. The molecule has 0 aromatic heterocycles. The molecule has 67 valence electrons. The Kier molecular flexibility index (Phi) is 2.15. The lowest BCUT2D eigenvalue weighted by molar-refractivity contribution is 0.0146. The van der Waals surface area contributed by atoms with Crippen molar-refractivity contribution in [2.45, 2.75) is 17.6 Å². The molecule has 0 bridgehead atoms. The van der Waals surface area contributed by atoms with Crippen molar-refractivity contribution in [1.29, 1.82) is 21.0 Å². The van der Waals surface area contributed by atoms with E-state index in [-0.39, 0.29) is 6.42 Å². The molecule has 1 saturated heterocycles. The molecule has 1 atom stereocenters. The van der Waals surface area contributed by atoms with Crippen molar-refractivity contribution in [3.8, 4) is 24.3 Å². The quantitative estimate of drug-likeness (QED) is 0.544. The van der Waals surface area contributed by atoms with Gasteiger partial charge >= 0.3 is 0 Å². The second-order valence-electron chi connectivity index (χ2n) is 3.01. The molecule has 5 heteroatoms. The summed E-state index contributed by atoms with van der Waals surface area (Å²) in [5.74, 6) is -0.697. The van der Waals surface area contributed by atoms with Gasteiger partial charge in [0.25, 0.3) is 0 Å². The molecule has 0 aromatic rings. The summed E-state index contributed by atoms with van der Waals surface area (Å²) < 4.78 is 4.94. The second-order valence-corrected chi connectivity index (χ2v) is 3.01. The van der Waals surface area contributed by atoms with Gasteiger partial charge in [-0.05, 0) is 6.92 Å². The van der Waals surface area contributed by atoms with Gasteiger partial charge in [0.15, 0.2) is 0 Å². The molecular formula is C9H5N4O. The highest BCUT2D eigenvalue weighted by Crippen LogP contribution is 2.41. The van der Waals surface area contributed by atoms with Gasteiger partial charge in [-0.15, -0.1) is 0 Å². The van der Waals surface area contributed by atoms with Gasteiger partial charge in [0, 0.05) is 12.3 Å². The number of nitrogens with zero attached hydrogens (tertiary/aromatic N) is 4.